The largest absolute Gasteiger partial charge is 0.496 e. The smallest absolute Gasteiger partial charge is 0.336 e. The molecule has 2 aromatic rings. The van der Waals surface area contributed by atoms with Gasteiger partial charge in [0, 0.05) is 5.39 Å². The number of ether oxygens (including phenoxy) is 1. The average molecular weight is 531 g/mol. The maximum atomic E-state index is 13.1. The number of nitrogens with two attached hydrogens (primary N) is 1. The normalized spacial score (nSPS) is 13.2. The zero-order valence-corrected chi connectivity index (χ0v) is 21.2. The van der Waals surface area contributed by atoms with Crippen LogP contribution in [-0.4, -0.2) is 71.0 Å². The van der Waals surface area contributed by atoms with Gasteiger partial charge in [-0.25, -0.2) is 4.79 Å². The van der Waals surface area contributed by atoms with Crippen LogP contribution in [-0.2, 0) is 19.2 Å². The highest BCUT2D eigenvalue weighted by atomic mass is 16.5. The van der Waals surface area contributed by atoms with E-state index in [1.165, 1.54) is 20.1 Å². The van der Waals surface area contributed by atoms with Gasteiger partial charge in [-0.05, 0) is 24.3 Å². The van der Waals surface area contributed by atoms with Crippen molar-refractivity contribution in [1.82, 2.24) is 16.0 Å². The molecule has 4 amide bonds. The van der Waals surface area contributed by atoms with Gasteiger partial charge in [0.25, 0.3) is 5.91 Å². The maximum absolute atomic E-state index is 13.1. The lowest BCUT2D eigenvalue weighted by atomic mass is 9.97. The molecule has 0 fully saturated rings. The van der Waals surface area contributed by atoms with Crippen LogP contribution in [0.3, 0.4) is 0 Å². The SMILES string of the molecule is COc1cc(C(=O)O)c(C(=O)NC(=O)[C@H](CC(=O)O)NC(=O)[C@H](C)NC(=O)[C@@H](N)C(C)C)c2ccccc12. The Morgan fingerprint density at radius 1 is 0.921 bits per heavy atom. The van der Waals surface area contributed by atoms with Crippen molar-refractivity contribution in [3.8, 4) is 5.75 Å². The molecule has 3 atom stereocenters. The molecule has 0 saturated carbocycles. The summed E-state index contributed by atoms with van der Waals surface area (Å²) in [5, 5.41) is 26.0. The number of carbonyl (C=O) groups is 6. The molecule has 0 radical (unpaired) electrons. The first-order chi connectivity index (χ1) is 17.8. The Bertz CT molecular complexity index is 1270. The Kier molecular flexibility index (Phi) is 9.88. The second-order valence-corrected chi connectivity index (χ2v) is 8.83. The molecule has 0 unspecified atom stereocenters. The summed E-state index contributed by atoms with van der Waals surface area (Å²) >= 11 is 0. The van der Waals surface area contributed by atoms with Crippen molar-refractivity contribution in [2.24, 2.45) is 11.7 Å². The number of carbonyl (C=O) groups excluding carboxylic acids is 4. The van der Waals surface area contributed by atoms with E-state index in [0.717, 1.165) is 6.07 Å². The fourth-order valence-corrected chi connectivity index (χ4v) is 3.54. The van der Waals surface area contributed by atoms with Crippen LogP contribution in [0.25, 0.3) is 10.8 Å². The van der Waals surface area contributed by atoms with E-state index in [2.05, 4.69) is 10.6 Å². The highest BCUT2D eigenvalue weighted by Gasteiger charge is 2.31. The molecule has 2 aromatic carbocycles. The van der Waals surface area contributed by atoms with E-state index < -0.39 is 65.7 Å². The fourth-order valence-electron chi connectivity index (χ4n) is 3.54. The lowest BCUT2D eigenvalue weighted by Gasteiger charge is -2.22. The van der Waals surface area contributed by atoms with Gasteiger partial charge in [-0.2, -0.15) is 0 Å². The zero-order chi connectivity index (χ0) is 28.7. The van der Waals surface area contributed by atoms with Gasteiger partial charge in [0.1, 0.15) is 17.8 Å². The van der Waals surface area contributed by atoms with Crippen molar-refractivity contribution in [2.75, 3.05) is 7.11 Å². The van der Waals surface area contributed by atoms with Gasteiger partial charge >= 0.3 is 11.9 Å². The molecular weight excluding hydrogens is 500 g/mol. The molecule has 2 rings (SSSR count). The van der Waals surface area contributed by atoms with Crippen LogP contribution in [0, 0.1) is 5.92 Å². The minimum Gasteiger partial charge on any atom is -0.496 e. The molecule has 7 N–H and O–H groups in total. The van der Waals surface area contributed by atoms with Crippen molar-refractivity contribution < 1.29 is 43.7 Å². The summed E-state index contributed by atoms with van der Waals surface area (Å²) < 4.78 is 5.22. The predicted molar refractivity (Wildman–Crippen MR) is 135 cm³/mol. The summed E-state index contributed by atoms with van der Waals surface area (Å²) in [5.41, 5.74) is 4.94. The first-order valence-corrected chi connectivity index (χ1v) is 11.5. The number of rotatable bonds is 11. The molecule has 13 heteroatoms. The standard InChI is InChI=1S/C25H30N4O9/c1-11(2)20(26)24(35)27-12(3)21(32)28-16(10-18(30)31)22(33)29-23(34)19-14-8-6-5-7-13(14)17(38-4)9-15(19)25(36)37/h5-9,11-12,16,20H,10,26H2,1-4H3,(H,27,35)(H,28,32)(H,30,31)(H,36,37)(H,29,33,34)/t12-,16-,20-/m0/s1. The van der Waals surface area contributed by atoms with Crippen LogP contribution in [0.5, 0.6) is 5.75 Å². The molecule has 13 nitrogen and oxygen atoms in total. The average Bonchev–Trinajstić information content (AvgIpc) is 2.85. The molecule has 0 bridgehead atoms. The topological polar surface area (TPSA) is 214 Å². The Morgan fingerprint density at radius 2 is 1.53 bits per heavy atom. The molecule has 38 heavy (non-hydrogen) atoms. The maximum Gasteiger partial charge on any atom is 0.336 e. The fraction of sp³-hybridized carbons (Fsp3) is 0.360. The van der Waals surface area contributed by atoms with Crippen molar-refractivity contribution in [3.05, 3.63) is 41.5 Å². The van der Waals surface area contributed by atoms with Crippen molar-refractivity contribution in [3.63, 3.8) is 0 Å². The summed E-state index contributed by atoms with van der Waals surface area (Å²) in [7, 11) is 1.33. The quantitative estimate of drug-likeness (QED) is 0.233. The monoisotopic (exact) mass is 530 g/mol. The summed E-state index contributed by atoms with van der Waals surface area (Å²) in [6, 6.07) is 3.58. The number of imide groups is 1. The van der Waals surface area contributed by atoms with E-state index in [-0.39, 0.29) is 22.6 Å². The Hall–Kier alpha value is -4.52. The Labute approximate surface area is 217 Å². The van der Waals surface area contributed by atoms with Crippen molar-refractivity contribution >= 4 is 46.3 Å². The van der Waals surface area contributed by atoms with Crippen molar-refractivity contribution in [2.45, 2.75) is 45.3 Å². The number of carboxylic acids is 2. The number of aliphatic carboxylic acids is 1. The van der Waals surface area contributed by atoms with E-state index in [1.54, 1.807) is 32.0 Å². The van der Waals surface area contributed by atoms with Crippen LogP contribution in [0.1, 0.15) is 47.9 Å². The molecule has 0 aliphatic carbocycles. The number of carboxylic acid groups (broad SMARTS) is 2. The van der Waals surface area contributed by atoms with Crippen LogP contribution >= 0.6 is 0 Å². The van der Waals surface area contributed by atoms with Gasteiger partial charge in [-0.15, -0.1) is 0 Å². The lowest BCUT2D eigenvalue weighted by molar-refractivity contribution is -0.141. The summed E-state index contributed by atoms with van der Waals surface area (Å²) in [5.74, 6) is -6.80. The minimum absolute atomic E-state index is 0.172. The summed E-state index contributed by atoms with van der Waals surface area (Å²) in [6.45, 7) is 4.73. The van der Waals surface area contributed by atoms with E-state index in [0.29, 0.717) is 5.39 Å². The number of amides is 4. The summed E-state index contributed by atoms with van der Waals surface area (Å²) in [6.07, 6.45) is -0.897. The highest BCUT2D eigenvalue weighted by molar-refractivity contribution is 6.19. The number of hydrogen-bond acceptors (Lipinski definition) is 8. The second-order valence-electron chi connectivity index (χ2n) is 8.83. The molecular formula is C25H30N4O9. The van der Waals surface area contributed by atoms with Gasteiger partial charge in [0.15, 0.2) is 0 Å². The molecule has 0 heterocycles. The molecule has 0 aliphatic heterocycles. The van der Waals surface area contributed by atoms with E-state index in [1.807, 2.05) is 5.32 Å². The Balaban J connectivity index is 2.32. The van der Waals surface area contributed by atoms with Crippen molar-refractivity contribution in [1.29, 1.82) is 0 Å². The number of aromatic carboxylic acids is 1. The van der Waals surface area contributed by atoms with E-state index in [9.17, 15) is 39.0 Å². The number of methoxy groups -OCH3 is 1. The third-order valence-corrected chi connectivity index (χ3v) is 5.71. The van der Waals surface area contributed by atoms with Gasteiger partial charge in [0.05, 0.1) is 30.7 Å². The molecule has 0 aliphatic rings. The van der Waals surface area contributed by atoms with Crippen LogP contribution < -0.4 is 26.4 Å². The first-order valence-electron chi connectivity index (χ1n) is 11.5. The number of benzene rings is 2. The third kappa shape index (κ3) is 7.03. The highest BCUT2D eigenvalue weighted by Crippen LogP contribution is 2.31. The number of nitrogens with one attached hydrogen (secondary N) is 3. The van der Waals surface area contributed by atoms with Gasteiger partial charge in [0.2, 0.25) is 17.7 Å². The third-order valence-electron chi connectivity index (χ3n) is 5.71. The van der Waals surface area contributed by atoms with Gasteiger partial charge in [-0.3, -0.25) is 29.3 Å². The molecule has 204 valence electrons. The zero-order valence-electron chi connectivity index (χ0n) is 21.2. The van der Waals surface area contributed by atoms with Gasteiger partial charge in [-0.1, -0.05) is 38.1 Å². The number of hydrogen-bond donors (Lipinski definition) is 6. The molecule has 0 aromatic heterocycles. The minimum atomic E-state index is -1.72. The van der Waals surface area contributed by atoms with Crippen LogP contribution in [0.15, 0.2) is 30.3 Å². The first kappa shape index (κ1) is 29.7. The second kappa shape index (κ2) is 12.6. The van der Waals surface area contributed by atoms with E-state index in [4.69, 9.17) is 10.5 Å². The summed E-state index contributed by atoms with van der Waals surface area (Å²) in [4.78, 5) is 74.0. The van der Waals surface area contributed by atoms with Gasteiger partial charge < -0.3 is 31.3 Å². The van der Waals surface area contributed by atoms with E-state index >= 15 is 0 Å². The number of fused-ring (bicyclic) bond motifs is 1. The molecule has 0 saturated heterocycles. The van der Waals surface area contributed by atoms with Crippen LogP contribution in [0.4, 0.5) is 0 Å². The van der Waals surface area contributed by atoms with Crippen LogP contribution in [0.2, 0.25) is 0 Å². The molecule has 0 spiro atoms. The predicted octanol–water partition coefficient (Wildman–Crippen LogP) is 0.251. The lowest BCUT2D eigenvalue weighted by Crippen LogP contribution is -2.56. The Morgan fingerprint density at radius 3 is 2.05 bits per heavy atom.